The first-order chi connectivity index (χ1) is 32.6. The molecular formula is C61H43N5. The lowest BCUT2D eigenvalue weighted by Crippen LogP contribution is -2.09. The minimum Gasteiger partial charge on any atom is -0.310 e. The van der Waals surface area contributed by atoms with Crippen LogP contribution in [0.5, 0.6) is 0 Å². The van der Waals surface area contributed by atoms with Crippen molar-refractivity contribution in [3.8, 4) is 27.9 Å². The van der Waals surface area contributed by atoms with Crippen LogP contribution >= 0.6 is 0 Å². The molecule has 0 aliphatic heterocycles. The largest absolute Gasteiger partial charge is 0.310 e. The molecule has 0 spiro atoms. The van der Waals surface area contributed by atoms with Gasteiger partial charge in [0.2, 0.25) is 0 Å². The van der Waals surface area contributed by atoms with E-state index in [1.165, 1.54) is 21.9 Å². The summed E-state index contributed by atoms with van der Waals surface area (Å²) in [6.07, 6.45) is 3.79. The zero-order valence-corrected chi connectivity index (χ0v) is 36.3. The maximum absolute atomic E-state index is 4.87. The third-order valence-electron chi connectivity index (χ3n) is 12.7. The van der Waals surface area contributed by atoms with Gasteiger partial charge in [-0.05, 0) is 138 Å². The van der Waals surface area contributed by atoms with Gasteiger partial charge in [-0.1, -0.05) is 121 Å². The summed E-state index contributed by atoms with van der Waals surface area (Å²) in [5.74, 6) is 0. The number of nitrogens with zero attached hydrogens (tertiary/aromatic N) is 5. The Kier molecular flexibility index (Phi) is 9.65. The Labute approximate surface area is 383 Å². The van der Waals surface area contributed by atoms with Crippen LogP contribution in [0.3, 0.4) is 0 Å². The van der Waals surface area contributed by atoms with E-state index in [1.54, 1.807) is 0 Å². The minimum absolute atomic E-state index is 0.927. The minimum atomic E-state index is 0.927. The normalized spacial score (nSPS) is 11.4. The maximum atomic E-state index is 4.87. The van der Waals surface area contributed by atoms with Crippen LogP contribution in [0.15, 0.2) is 243 Å². The highest BCUT2D eigenvalue weighted by Gasteiger charge is 2.21. The molecule has 0 fully saturated rings. The summed E-state index contributed by atoms with van der Waals surface area (Å²) in [7, 11) is 0. The highest BCUT2D eigenvalue weighted by molar-refractivity contribution is 6.12. The molecule has 0 N–H and O–H groups in total. The van der Waals surface area contributed by atoms with Gasteiger partial charge >= 0.3 is 0 Å². The Morgan fingerprint density at radius 2 is 0.818 bits per heavy atom. The molecule has 3 aromatic heterocycles. The molecule has 0 aliphatic carbocycles. The van der Waals surface area contributed by atoms with Crippen LogP contribution in [0, 0.1) is 6.92 Å². The van der Waals surface area contributed by atoms with Crippen LogP contribution in [0.25, 0.3) is 71.6 Å². The summed E-state index contributed by atoms with van der Waals surface area (Å²) in [4.78, 5) is 14.2. The molecule has 0 unspecified atom stereocenters. The molecule has 0 amide bonds. The van der Waals surface area contributed by atoms with Crippen molar-refractivity contribution in [3.63, 3.8) is 0 Å². The van der Waals surface area contributed by atoms with E-state index in [9.17, 15) is 0 Å². The fourth-order valence-electron chi connectivity index (χ4n) is 9.57. The summed E-state index contributed by atoms with van der Waals surface area (Å²) in [6.45, 7) is 2.23. The Balaban J connectivity index is 0.974. The average Bonchev–Trinajstić information content (AvgIpc) is 3.70. The first-order valence-electron chi connectivity index (χ1n) is 22.4. The van der Waals surface area contributed by atoms with Crippen molar-refractivity contribution >= 4 is 77.7 Å². The number of aryl methyl sites for hydroxylation is 1. The number of para-hydroxylation sites is 4. The van der Waals surface area contributed by atoms with Crippen LogP contribution in [0.1, 0.15) is 5.56 Å². The average molecular weight is 846 g/mol. The molecule has 5 nitrogen and oxygen atoms in total. The van der Waals surface area contributed by atoms with Gasteiger partial charge in [0.25, 0.3) is 0 Å². The topological polar surface area (TPSA) is 37.2 Å². The predicted octanol–water partition coefficient (Wildman–Crippen LogP) is 16.5. The zero-order chi connectivity index (χ0) is 44.0. The lowest BCUT2D eigenvalue weighted by Gasteiger charge is -2.26. The van der Waals surface area contributed by atoms with E-state index in [-0.39, 0.29) is 0 Å². The van der Waals surface area contributed by atoms with Gasteiger partial charge in [-0.15, -0.1) is 0 Å². The second-order valence-electron chi connectivity index (χ2n) is 16.8. The Hall–Kier alpha value is -8.80. The summed E-state index contributed by atoms with van der Waals surface area (Å²) in [5.41, 5.74) is 17.6. The van der Waals surface area contributed by atoms with Crippen LogP contribution in [-0.4, -0.2) is 14.5 Å². The Morgan fingerprint density at radius 3 is 1.33 bits per heavy atom. The van der Waals surface area contributed by atoms with Crippen molar-refractivity contribution in [1.29, 1.82) is 0 Å². The van der Waals surface area contributed by atoms with E-state index >= 15 is 0 Å². The summed E-state index contributed by atoms with van der Waals surface area (Å²) >= 11 is 0. The van der Waals surface area contributed by atoms with Crippen molar-refractivity contribution in [3.05, 3.63) is 248 Å². The van der Waals surface area contributed by atoms with E-state index in [1.807, 2.05) is 18.5 Å². The van der Waals surface area contributed by atoms with Crippen molar-refractivity contribution in [2.45, 2.75) is 6.92 Å². The molecule has 312 valence electrons. The molecule has 0 saturated heterocycles. The van der Waals surface area contributed by atoms with Crippen molar-refractivity contribution < 1.29 is 0 Å². The summed E-state index contributed by atoms with van der Waals surface area (Å²) in [5, 5.41) is 4.53. The molecular weight excluding hydrogens is 803 g/mol. The first kappa shape index (κ1) is 38.8. The number of hydrogen-bond donors (Lipinski definition) is 0. The highest BCUT2D eigenvalue weighted by Crippen LogP contribution is 2.43. The molecule has 66 heavy (non-hydrogen) atoms. The van der Waals surface area contributed by atoms with Crippen LogP contribution < -0.4 is 9.80 Å². The van der Waals surface area contributed by atoms with Crippen molar-refractivity contribution in [1.82, 2.24) is 14.5 Å². The van der Waals surface area contributed by atoms with Gasteiger partial charge in [0.05, 0.1) is 22.1 Å². The molecule has 0 aliphatic rings. The SMILES string of the molecule is Cc1cc(-c2ccc(-c3cnc4c(ccc5cccnc54)c3)cc2)ccc1-n1c2ccc(N(c3ccccc3)c3ccccc3)cc2c2cc(N(c3ccccc3)c3ccccc3)ccc21. The van der Waals surface area contributed by atoms with Gasteiger partial charge in [-0.2, -0.15) is 0 Å². The molecule has 12 aromatic rings. The van der Waals surface area contributed by atoms with Gasteiger partial charge in [0, 0.05) is 79.3 Å². The number of aromatic nitrogens is 3. The van der Waals surface area contributed by atoms with E-state index < -0.39 is 0 Å². The molecule has 0 bridgehead atoms. The zero-order valence-electron chi connectivity index (χ0n) is 36.3. The fraction of sp³-hybridized carbons (Fsp3) is 0.0164. The van der Waals surface area contributed by atoms with Crippen molar-refractivity contribution in [2.24, 2.45) is 0 Å². The van der Waals surface area contributed by atoms with Gasteiger partial charge in [0.1, 0.15) is 0 Å². The second kappa shape index (κ2) is 16.4. The van der Waals surface area contributed by atoms with Gasteiger partial charge in [0.15, 0.2) is 0 Å². The number of anilines is 6. The van der Waals surface area contributed by atoms with Crippen molar-refractivity contribution in [2.75, 3.05) is 9.80 Å². The lowest BCUT2D eigenvalue weighted by molar-refractivity contribution is 1.15. The predicted molar refractivity (Wildman–Crippen MR) is 276 cm³/mol. The standard InChI is InChI=1S/C61H43N5/c1-42-37-46(43-24-26-44(27-25-43)48-38-47-29-28-45-15-14-36-62-60(45)61(47)63-41-48)30-33-57(42)66-58-34-31-53(64(49-16-6-2-7-17-49)50-18-8-3-9-19-50)39-55(58)56-40-54(32-35-59(56)66)65(51-20-10-4-11-21-51)52-22-12-5-13-23-52/h2-41H,1H3. The van der Waals surface area contributed by atoms with E-state index in [0.717, 1.165) is 89.3 Å². The molecule has 0 saturated carbocycles. The van der Waals surface area contributed by atoms with Gasteiger partial charge in [-0.25, -0.2) is 0 Å². The van der Waals surface area contributed by atoms with Crippen LogP contribution in [0.4, 0.5) is 34.1 Å². The lowest BCUT2D eigenvalue weighted by atomic mass is 9.98. The number of pyridine rings is 2. The Bertz CT molecular complexity index is 3480. The fourth-order valence-corrected chi connectivity index (χ4v) is 9.57. The monoisotopic (exact) mass is 845 g/mol. The van der Waals surface area contributed by atoms with Gasteiger partial charge < -0.3 is 14.4 Å². The number of rotatable bonds is 9. The van der Waals surface area contributed by atoms with Crippen LogP contribution in [0.2, 0.25) is 0 Å². The molecule has 5 heteroatoms. The number of benzene rings is 9. The van der Waals surface area contributed by atoms with Crippen LogP contribution in [-0.2, 0) is 0 Å². The summed E-state index contributed by atoms with van der Waals surface area (Å²) < 4.78 is 2.44. The van der Waals surface area contributed by atoms with Gasteiger partial charge in [-0.3, -0.25) is 9.97 Å². The third-order valence-corrected chi connectivity index (χ3v) is 12.7. The third kappa shape index (κ3) is 6.91. The number of fused-ring (bicyclic) bond motifs is 6. The smallest absolute Gasteiger partial charge is 0.0964 e. The Morgan fingerprint density at radius 1 is 0.348 bits per heavy atom. The number of hydrogen-bond acceptors (Lipinski definition) is 4. The van der Waals surface area contributed by atoms with E-state index in [2.05, 4.69) is 251 Å². The summed E-state index contributed by atoms with van der Waals surface area (Å²) in [6, 6.07) is 82.6. The second-order valence-corrected chi connectivity index (χ2v) is 16.8. The molecule has 12 rings (SSSR count). The molecule has 0 atom stereocenters. The first-order valence-corrected chi connectivity index (χ1v) is 22.4. The highest BCUT2D eigenvalue weighted by atomic mass is 15.1. The molecule has 0 radical (unpaired) electrons. The van der Waals surface area contributed by atoms with E-state index in [4.69, 9.17) is 4.98 Å². The molecule has 3 heterocycles. The quantitative estimate of drug-likeness (QED) is 0.136. The molecule has 9 aromatic carbocycles. The maximum Gasteiger partial charge on any atom is 0.0964 e. The van der Waals surface area contributed by atoms with E-state index in [0.29, 0.717) is 0 Å².